The Morgan fingerprint density at radius 2 is 1.82 bits per heavy atom. The summed E-state index contributed by atoms with van der Waals surface area (Å²) >= 11 is 13.7. The van der Waals surface area contributed by atoms with E-state index < -0.39 is 0 Å². The van der Waals surface area contributed by atoms with Crippen LogP contribution in [0.2, 0.25) is 10.0 Å². The molecule has 0 radical (unpaired) electrons. The molecule has 2 nitrogen and oxygen atoms in total. The molecule has 22 heavy (non-hydrogen) atoms. The number of aromatic nitrogens is 1. The van der Waals surface area contributed by atoms with Gasteiger partial charge >= 0.3 is 0 Å². The molecule has 0 bridgehead atoms. The Bertz CT molecular complexity index is 882. The second-order valence-electron chi connectivity index (χ2n) is 4.67. The van der Waals surface area contributed by atoms with E-state index in [0.29, 0.717) is 15.7 Å². The van der Waals surface area contributed by atoms with Crippen molar-refractivity contribution in [3.8, 4) is 11.3 Å². The molecule has 2 aromatic carbocycles. The third kappa shape index (κ3) is 3.09. The van der Waals surface area contributed by atoms with Crippen LogP contribution in [-0.2, 0) is 7.05 Å². The van der Waals surface area contributed by atoms with E-state index in [4.69, 9.17) is 23.2 Å². The number of thiazole rings is 1. The van der Waals surface area contributed by atoms with Crippen molar-refractivity contribution in [2.75, 3.05) is 0 Å². The first-order chi connectivity index (χ1) is 10.5. The van der Waals surface area contributed by atoms with E-state index in [1.165, 1.54) is 23.5 Å². The monoisotopic (exact) mass is 352 g/mol. The maximum atomic E-state index is 12.9. The molecule has 1 aromatic heterocycles. The van der Waals surface area contributed by atoms with Gasteiger partial charge in [0.15, 0.2) is 4.80 Å². The largest absolute Gasteiger partial charge is 0.319 e. The van der Waals surface area contributed by atoms with Crippen molar-refractivity contribution in [2.24, 2.45) is 12.0 Å². The summed E-state index contributed by atoms with van der Waals surface area (Å²) in [6.07, 6.45) is 0. The highest BCUT2D eigenvalue weighted by Gasteiger charge is 2.09. The summed E-state index contributed by atoms with van der Waals surface area (Å²) in [7, 11) is 1.92. The zero-order valence-electron chi connectivity index (χ0n) is 11.6. The molecule has 3 rings (SSSR count). The minimum Gasteiger partial charge on any atom is -0.319 e. The van der Waals surface area contributed by atoms with Gasteiger partial charge in [-0.1, -0.05) is 23.2 Å². The lowest BCUT2D eigenvalue weighted by atomic mass is 10.2. The summed E-state index contributed by atoms with van der Waals surface area (Å²) < 4.78 is 14.9. The SMILES string of the molecule is Cn1c(-c2ccc(Cl)cc2Cl)csc1=Nc1ccc(F)cc1. The smallest absolute Gasteiger partial charge is 0.190 e. The van der Waals surface area contributed by atoms with E-state index in [1.54, 1.807) is 24.3 Å². The van der Waals surface area contributed by atoms with E-state index in [0.717, 1.165) is 16.1 Å². The first-order valence-corrected chi connectivity index (χ1v) is 8.08. The molecule has 0 saturated heterocycles. The van der Waals surface area contributed by atoms with Crippen molar-refractivity contribution in [3.63, 3.8) is 0 Å². The molecule has 0 atom stereocenters. The molecule has 0 spiro atoms. The summed E-state index contributed by atoms with van der Waals surface area (Å²) in [4.78, 5) is 5.32. The molecule has 6 heteroatoms. The molecule has 3 aromatic rings. The Kier molecular flexibility index (Phi) is 4.34. The third-order valence-electron chi connectivity index (χ3n) is 3.18. The summed E-state index contributed by atoms with van der Waals surface area (Å²) in [5.41, 5.74) is 2.55. The average molecular weight is 353 g/mol. The van der Waals surface area contributed by atoms with Gasteiger partial charge in [0.25, 0.3) is 0 Å². The standard InChI is InChI=1S/C16H11Cl2FN2S/c1-21-15(13-7-2-10(17)8-14(13)18)9-22-16(21)20-12-5-3-11(19)4-6-12/h2-9H,1H3. The molecule has 0 unspecified atom stereocenters. The van der Waals surface area contributed by atoms with Gasteiger partial charge in [-0.3, -0.25) is 0 Å². The first-order valence-electron chi connectivity index (χ1n) is 6.45. The molecular weight excluding hydrogens is 342 g/mol. The minimum atomic E-state index is -0.275. The zero-order chi connectivity index (χ0) is 15.7. The normalized spacial score (nSPS) is 11.9. The third-order valence-corrected chi connectivity index (χ3v) is 4.65. The number of halogens is 3. The van der Waals surface area contributed by atoms with Crippen LogP contribution in [0.1, 0.15) is 0 Å². The maximum Gasteiger partial charge on any atom is 0.190 e. The topological polar surface area (TPSA) is 17.3 Å². The van der Waals surface area contributed by atoms with Crippen molar-refractivity contribution in [1.82, 2.24) is 4.57 Å². The van der Waals surface area contributed by atoms with Gasteiger partial charge in [-0.15, -0.1) is 11.3 Å². The lowest BCUT2D eigenvalue weighted by molar-refractivity contribution is 0.628. The second kappa shape index (κ2) is 6.24. The van der Waals surface area contributed by atoms with Crippen LogP contribution in [0.3, 0.4) is 0 Å². The maximum absolute atomic E-state index is 12.9. The van der Waals surface area contributed by atoms with Gasteiger partial charge in [0.1, 0.15) is 5.82 Å². The lowest BCUT2D eigenvalue weighted by Crippen LogP contribution is -2.10. The Morgan fingerprint density at radius 3 is 2.50 bits per heavy atom. The molecule has 1 heterocycles. The highest BCUT2D eigenvalue weighted by atomic mass is 35.5. The van der Waals surface area contributed by atoms with Gasteiger partial charge < -0.3 is 4.57 Å². The molecule has 0 fully saturated rings. The van der Waals surface area contributed by atoms with E-state index in [2.05, 4.69) is 4.99 Å². The van der Waals surface area contributed by atoms with Gasteiger partial charge in [-0.25, -0.2) is 9.38 Å². The Hall–Kier alpha value is -1.62. The van der Waals surface area contributed by atoms with Crippen LogP contribution in [0.4, 0.5) is 10.1 Å². The van der Waals surface area contributed by atoms with Crippen LogP contribution in [-0.4, -0.2) is 4.57 Å². The van der Waals surface area contributed by atoms with Crippen LogP contribution in [0.15, 0.2) is 52.8 Å². The van der Waals surface area contributed by atoms with Crippen LogP contribution >= 0.6 is 34.5 Å². The minimum absolute atomic E-state index is 0.275. The number of hydrogen-bond donors (Lipinski definition) is 0. The Morgan fingerprint density at radius 1 is 1.09 bits per heavy atom. The average Bonchev–Trinajstić information content (AvgIpc) is 2.83. The van der Waals surface area contributed by atoms with Gasteiger partial charge in [-0.05, 0) is 42.5 Å². The predicted molar refractivity (Wildman–Crippen MR) is 90.4 cm³/mol. The van der Waals surface area contributed by atoms with E-state index in [9.17, 15) is 4.39 Å². The van der Waals surface area contributed by atoms with E-state index >= 15 is 0 Å². The van der Waals surface area contributed by atoms with Gasteiger partial charge in [0.05, 0.1) is 16.4 Å². The molecule has 0 N–H and O–H groups in total. The summed E-state index contributed by atoms with van der Waals surface area (Å²) in [6.45, 7) is 0. The number of benzene rings is 2. The number of nitrogens with zero attached hydrogens (tertiary/aromatic N) is 2. The highest BCUT2D eigenvalue weighted by Crippen LogP contribution is 2.30. The first kappa shape index (κ1) is 15.3. The fourth-order valence-corrected chi connectivity index (χ4v) is 3.46. The molecule has 0 aliphatic heterocycles. The Balaban J connectivity index is 2.07. The quantitative estimate of drug-likeness (QED) is 0.584. The molecular formula is C16H11Cl2FN2S. The van der Waals surface area contributed by atoms with Crippen molar-refractivity contribution in [1.29, 1.82) is 0 Å². The van der Waals surface area contributed by atoms with Crippen LogP contribution < -0.4 is 4.80 Å². The summed E-state index contributed by atoms with van der Waals surface area (Å²) in [5.74, 6) is -0.275. The van der Waals surface area contributed by atoms with Gasteiger partial charge in [0, 0.05) is 23.0 Å². The van der Waals surface area contributed by atoms with Crippen molar-refractivity contribution >= 4 is 40.2 Å². The van der Waals surface area contributed by atoms with Crippen molar-refractivity contribution in [3.05, 3.63) is 68.5 Å². The van der Waals surface area contributed by atoms with Gasteiger partial charge in [0.2, 0.25) is 0 Å². The van der Waals surface area contributed by atoms with Crippen LogP contribution in [0.25, 0.3) is 11.3 Å². The predicted octanol–water partition coefficient (Wildman–Crippen LogP) is 5.43. The van der Waals surface area contributed by atoms with Crippen molar-refractivity contribution in [2.45, 2.75) is 0 Å². The molecule has 112 valence electrons. The molecule has 0 saturated carbocycles. The van der Waals surface area contributed by atoms with Crippen molar-refractivity contribution < 1.29 is 4.39 Å². The summed E-state index contributed by atoms with van der Waals surface area (Å²) in [5, 5.41) is 3.18. The number of rotatable bonds is 2. The second-order valence-corrected chi connectivity index (χ2v) is 6.36. The molecule has 0 aliphatic carbocycles. The van der Waals surface area contributed by atoms with Crippen LogP contribution in [0, 0.1) is 5.82 Å². The lowest BCUT2D eigenvalue weighted by Gasteiger charge is -2.05. The van der Waals surface area contributed by atoms with Crippen LogP contribution in [0.5, 0.6) is 0 Å². The zero-order valence-corrected chi connectivity index (χ0v) is 13.9. The fraction of sp³-hybridized carbons (Fsp3) is 0.0625. The summed E-state index contributed by atoms with van der Waals surface area (Å²) in [6, 6.07) is 11.5. The van der Waals surface area contributed by atoms with Gasteiger partial charge in [-0.2, -0.15) is 0 Å². The molecule has 0 amide bonds. The Labute approximate surface area is 141 Å². The number of hydrogen-bond acceptors (Lipinski definition) is 2. The fourth-order valence-electron chi connectivity index (χ4n) is 2.04. The van der Waals surface area contributed by atoms with E-state index in [1.807, 2.05) is 23.1 Å². The highest BCUT2D eigenvalue weighted by molar-refractivity contribution is 7.07. The molecule has 0 aliphatic rings. The van der Waals surface area contributed by atoms with E-state index in [-0.39, 0.29) is 5.82 Å².